The molecule has 5 aromatic heterocycles. The number of amidine groups is 1. The number of rotatable bonds is 10. The van der Waals surface area contributed by atoms with E-state index < -0.39 is 13.1 Å². The van der Waals surface area contributed by atoms with Gasteiger partial charge >= 0.3 is 13.1 Å². The second-order valence-electron chi connectivity index (χ2n) is 19.9. The number of hydrogen-bond donors (Lipinski definition) is 3. The van der Waals surface area contributed by atoms with Crippen molar-refractivity contribution >= 4 is 116 Å². The lowest BCUT2D eigenvalue weighted by Gasteiger charge is -2.13. The number of benzene rings is 3. The predicted octanol–water partition coefficient (Wildman–Crippen LogP) is 8.89. The zero-order valence-corrected chi connectivity index (χ0v) is 62.3. The molecular weight excluding hydrogens is 1480 g/mol. The molecule has 33 heteroatoms. The molecule has 0 spiro atoms. The number of hydrogen-bond acceptors (Lipinski definition) is 20. The molecule has 0 bridgehead atoms. The molecule has 4 aliphatic rings. The van der Waals surface area contributed by atoms with Crippen molar-refractivity contribution in [2.75, 3.05) is 45.8 Å². The van der Waals surface area contributed by atoms with Crippen molar-refractivity contribution in [2.24, 2.45) is 45.2 Å². The van der Waals surface area contributed by atoms with Gasteiger partial charge in [0.1, 0.15) is 10.4 Å². The standard InChI is InChI=1S/C14H16N4O.C14H18N4.C8H11BrN4O.C6H7BO2.C5H6BrN3O.C5H5BrN2O.C4H4BrN3O2.3C2H6/c1-17-13(14(19)18-9-5-6-10-18)15-12(16-17)11-7-3-2-4-8-11;1-17-13(11-18-9-5-6-10-18)15-14(16-17)12-7-3-2-4-8-12;1-12-6(10-8(9)11-12)7(14)13-4-2-3-5-13;8-7(9)6-4-2-1-3-5-6;1-3(10)4-7-5(6)8-9(4)2;1-3(9)5-7-2-4(6)8-5;1-8-2(3(9)10)6-4(5)7-8;3*1-2/h2-4,7-8H,5-6,9-10H2,1H3;2-4,7-8H,5-6,9-11H2,1H3;2-5H2,1H3;1-5,8-9H;1-2H3;2H2,1H3;1H3,(H,9,10);3*1-2H3. The van der Waals surface area contributed by atoms with E-state index in [-0.39, 0.29) is 33.9 Å². The quantitative estimate of drug-likeness (QED) is 0.0849. The third kappa shape index (κ3) is 27.2. The highest BCUT2D eigenvalue weighted by Crippen LogP contribution is 2.20. The number of carboxylic acids is 1. The molecule has 3 saturated heterocycles. The van der Waals surface area contributed by atoms with E-state index in [9.17, 15) is 24.0 Å². The zero-order chi connectivity index (χ0) is 70.7. The number of aliphatic imine (C=N–C) groups is 2. The summed E-state index contributed by atoms with van der Waals surface area (Å²) < 4.78 is 9.52. The Morgan fingerprint density at radius 3 is 1.16 bits per heavy atom. The van der Waals surface area contributed by atoms with Gasteiger partial charge in [-0.25, -0.2) is 38.5 Å². The van der Waals surface area contributed by atoms with Crippen molar-refractivity contribution in [2.45, 2.75) is 100 Å². The fourth-order valence-electron chi connectivity index (χ4n) is 8.69. The molecule has 0 atom stereocenters. The highest BCUT2D eigenvalue weighted by Gasteiger charge is 2.26. The molecule has 3 fully saturated rings. The van der Waals surface area contributed by atoms with Crippen LogP contribution in [0, 0.1) is 0 Å². The van der Waals surface area contributed by atoms with E-state index in [2.05, 4.69) is 141 Å². The minimum absolute atomic E-state index is 0.0188. The number of aromatic nitrogens is 15. The maximum Gasteiger partial charge on any atom is 0.488 e. The number of halogens is 4. The topological polar surface area (TPSA) is 334 Å². The monoisotopic (exact) mass is 1560 g/mol. The Bertz CT molecular complexity index is 3640. The Morgan fingerprint density at radius 1 is 0.463 bits per heavy atom. The lowest BCUT2D eigenvalue weighted by molar-refractivity contribution is -0.111. The number of aryl methyl sites for hydroxylation is 5. The van der Waals surface area contributed by atoms with Gasteiger partial charge in [0.05, 0.1) is 13.1 Å². The average molecular weight is 1570 g/mol. The van der Waals surface area contributed by atoms with Crippen LogP contribution >= 0.6 is 63.7 Å². The fraction of sp³-hybridized carbons (Fsp3) is 0.435. The number of carbonyl (C=O) groups is 5. The van der Waals surface area contributed by atoms with E-state index in [1.807, 2.05) is 118 Å². The molecule has 0 aliphatic carbocycles. The number of carbonyl (C=O) groups excluding carboxylic acids is 4. The van der Waals surface area contributed by atoms with Crippen LogP contribution in [0.5, 0.6) is 0 Å². The van der Waals surface area contributed by atoms with Crippen molar-refractivity contribution in [3.05, 3.63) is 134 Å². The first-order valence-electron chi connectivity index (χ1n) is 30.9. The molecule has 12 rings (SSSR count). The van der Waals surface area contributed by atoms with E-state index in [1.54, 1.807) is 50.1 Å². The summed E-state index contributed by atoms with van der Waals surface area (Å²) in [5, 5.41) is 45.9. The van der Waals surface area contributed by atoms with E-state index in [1.165, 1.54) is 60.9 Å². The Balaban J connectivity index is 0.000000291. The molecule has 3 aromatic carbocycles. The largest absolute Gasteiger partial charge is 0.488 e. The molecule has 4 aliphatic heterocycles. The number of carboxylic acid groups (broad SMARTS) is 1. The summed E-state index contributed by atoms with van der Waals surface area (Å²) in [6.45, 7) is 22.0. The summed E-state index contributed by atoms with van der Waals surface area (Å²) in [6.07, 6.45) is 6.95. The van der Waals surface area contributed by atoms with Crippen molar-refractivity contribution in [3.63, 3.8) is 0 Å². The van der Waals surface area contributed by atoms with Gasteiger partial charge in [0.25, 0.3) is 11.8 Å². The molecular formula is C62H85BBr4N20O8. The lowest BCUT2D eigenvalue weighted by Crippen LogP contribution is -2.30. The summed E-state index contributed by atoms with van der Waals surface area (Å²) in [7, 11) is 7.32. The normalized spacial score (nSPS) is 13.2. The first kappa shape index (κ1) is 81.5. The zero-order valence-electron chi connectivity index (χ0n) is 56.0. The van der Waals surface area contributed by atoms with Crippen LogP contribution in [0.1, 0.15) is 142 Å². The van der Waals surface area contributed by atoms with Gasteiger partial charge in [0, 0.05) is 86.4 Å². The molecule has 0 radical (unpaired) electrons. The molecule has 0 unspecified atom stereocenters. The highest BCUT2D eigenvalue weighted by atomic mass is 79.9. The van der Waals surface area contributed by atoms with E-state index in [0.717, 1.165) is 85.8 Å². The van der Waals surface area contributed by atoms with Crippen LogP contribution in [-0.4, -0.2) is 196 Å². The van der Waals surface area contributed by atoms with Crippen LogP contribution < -0.4 is 5.46 Å². The Labute approximate surface area is 588 Å². The van der Waals surface area contributed by atoms with Gasteiger partial charge in [-0.2, -0.15) is 25.1 Å². The van der Waals surface area contributed by atoms with Gasteiger partial charge in [0.2, 0.25) is 31.7 Å². The van der Waals surface area contributed by atoms with Gasteiger partial charge < -0.3 is 25.0 Å². The number of amides is 2. The van der Waals surface area contributed by atoms with E-state index in [0.29, 0.717) is 50.6 Å². The number of ketones is 2. The number of nitrogens with zero attached hydrogens (tertiary/aromatic N) is 20. The summed E-state index contributed by atoms with van der Waals surface area (Å²) in [5.41, 5.74) is 2.54. The molecule has 8 aromatic rings. The first-order chi connectivity index (χ1) is 45.5. The molecule has 0 saturated carbocycles. The third-order valence-corrected chi connectivity index (χ3v) is 14.6. The van der Waals surface area contributed by atoms with Crippen LogP contribution in [0.3, 0.4) is 0 Å². The minimum atomic E-state index is -1.34. The summed E-state index contributed by atoms with van der Waals surface area (Å²) >= 11 is 12.3. The van der Waals surface area contributed by atoms with Crippen LogP contribution in [0.4, 0.5) is 0 Å². The van der Waals surface area contributed by atoms with Gasteiger partial charge in [0.15, 0.2) is 34.9 Å². The molecule has 9 heterocycles. The fourth-order valence-corrected chi connectivity index (χ4v) is 10.2. The molecule has 28 nitrogen and oxygen atoms in total. The molecule has 95 heavy (non-hydrogen) atoms. The first-order valence-corrected chi connectivity index (χ1v) is 34.0. The second-order valence-corrected chi connectivity index (χ2v) is 22.9. The van der Waals surface area contributed by atoms with E-state index >= 15 is 0 Å². The van der Waals surface area contributed by atoms with Crippen molar-refractivity contribution < 1.29 is 39.1 Å². The Morgan fingerprint density at radius 2 is 0.832 bits per heavy atom. The van der Waals surface area contributed by atoms with E-state index in [4.69, 9.17) is 15.2 Å². The number of Topliss-reactive ketones (excluding diaryl/α,β-unsaturated/α-hetero) is 2. The van der Waals surface area contributed by atoms with Gasteiger partial charge in [-0.1, -0.05) is 133 Å². The Kier molecular flexibility index (Phi) is 37.3. The van der Waals surface area contributed by atoms with Crippen LogP contribution in [0.15, 0.2) is 115 Å². The lowest BCUT2D eigenvalue weighted by atomic mass is 9.81. The Hall–Kier alpha value is -7.69. The summed E-state index contributed by atoms with van der Waals surface area (Å²) in [4.78, 5) is 90.0. The predicted molar refractivity (Wildman–Crippen MR) is 380 cm³/mol. The van der Waals surface area contributed by atoms with Gasteiger partial charge in [-0.05, 0) is 121 Å². The smallest absolute Gasteiger partial charge is 0.475 e. The highest BCUT2D eigenvalue weighted by molar-refractivity contribution is 9.18. The molecule has 3 N–H and O–H groups in total. The molecule has 2 amide bonds. The summed E-state index contributed by atoms with van der Waals surface area (Å²) in [5.74, 6) is 2.62. The van der Waals surface area contributed by atoms with Gasteiger partial charge in [-0.3, -0.25) is 33.8 Å². The van der Waals surface area contributed by atoms with Gasteiger partial charge in [-0.15, -0.1) is 15.3 Å². The minimum Gasteiger partial charge on any atom is -0.475 e. The van der Waals surface area contributed by atoms with Crippen molar-refractivity contribution in [3.8, 4) is 22.8 Å². The van der Waals surface area contributed by atoms with Crippen LogP contribution in [0.2, 0.25) is 0 Å². The molecule has 512 valence electrons. The average Bonchev–Trinajstić information content (AvgIpc) is 1.79. The number of aromatic carboxylic acids is 1. The third-order valence-electron chi connectivity index (χ3n) is 13.1. The maximum atomic E-state index is 12.3. The summed E-state index contributed by atoms with van der Waals surface area (Å²) in [6, 6.07) is 28.5. The van der Waals surface area contributed by atoms with Crippen LogP contribution in [-0.2, 0) is 46.6 Å². The van der Waals surface area contributed by atoms with Crippen molar-refractivity contribution in [1.29, 1.82) is 0 Å². The van der Waals surface area contributed by atoms with Crippen molar-refractivity contribution in [1.82, 2.24) is 88.5 Å². The maximum absolute atomic E-state index is 12.3. The SMILES string of the molecule is CC.CC.CC.CC(=O)C1=NCC(Br)=N1.CC(=O)c1nc(Br)nn1C.Cn1nc(-c2ccccc2)nc1C(=O)N1CCCC1.Cn1nc(-c2ccccc2)nc1CN1CCCC1.Cn1nc(Br)nc1C(=O)N1CCCC1.Cn1nc(Br)nc1C(=O)O.OB(O)c1ccccc1. The second kappa shape index (κ2) is 43.4. The number of likely N-dealkylation sites (tertiary alicyclic amines) is 3. The van der Waals surface area contributed by atoms with Crippen LogP contribution in [0.25, 0.3) is 22.8 Å².